The van der Waals surface area contributed by atoms with E-state index >= 15 is 0 Å². The van der Waals surface area contributed by atoms with Crippen LogP contribution in [0.2, 0.25) is 0 Å². The van der Waals surface area contributed by atoms with Gasteiger partial charge in [-0.25, -0.2) is 0 Å². The van der Waals surface area contributed by atoms with E-state index in [1.165, 1.54) is 22.9 Å². The molecular weight excluding hydrogens is 316 g/mol. The summed E-state index contributed by atoms with van der Waals surface area (Å²) < 4.78 is 5.48. The Kier molecular flexibility index (Phi) is 5.12. The van der Waals surface area contributed by atoms with Gasteiger partial charge in [0.15, 0.2) is 6.61 Å². The molecule has 1 saturated heterocycles. The van der Waals surface area contributed by atoms with Gasteiger partial charge in [-0.05, 0) is 49.2 Å². The van der Waals surface area contributed by atoms with Crippen LogP contribution in [0.15, 0.2) is 42.5 Å². The second-order valence-electron chi connectivity index (χ2n) is 6.42. The molecule has 3 rings (SSSR count). The molecule has 1 aliphatic heterocycles. The zero-order valence-corrected chi connectivity index (χ0v) is 14.7. The lowest BCUT2D eigenvalue weighted by Crippen LogP contribution is -2.50. The third kappa shape index (κ3) is 4.24. The second-order valence-corrected chi connectivity index (χ2v) is 6.42. The Bertz CT molecular complexity index is 752. The predicted octanol–water partition coefficient (Wildman–Crippen LogP) is 2.74. The number of carbonyl (C=O) groups excluding carboxylic acids is 1. The third-order valence-electron chi connectivity index (χ3n) is 4.67. The third-order valence-corrected chi connectivity index (χ3v) is 4.67. The summed E-state index contributed by atoms with van der Waals surface area (Å²) in [6.07, 6.45) is 0. The van der Waals surface area contributed by atoms with E-state index in [2.05, 4.69) is 36.9 Å². The molecule has 0 atom stereocenters. The van der Waals surface area contributed by atoms with Crippen molar-refractivity contribution in [2.75, 3.05) is 37.7 Å². The van der Waals surface area contributed by atoms with E-state index in [0.29, 0.717) is 18.8 Å². The normalized spacial score (nSPS) is 14.5. The minimum absolute atomic E-state index is 0.00685. The smallest absolute Gasteiger partial charge is 0.260 e. The number of anilines is 1. The van der Waals surface area contributed by atoms with Crippen molar-refractivity contribution in [1.29, 1.82) is 0 Å². The van der Waals surface area contributed by atoms with E-state index < -0.39 is 0 Å². The lowest BCUT2D eigenvalue weighted by molar-refractivity contribution is -0.133. The van der Waals surface area contributed by atoms with Crippen LogP contribution in [0.5, 0.6) is 11.5 Å². The summed E-state index contributed by atoms with van der Waals surface area (Å²) >= 11 is 0. The first kappa shape index (κ1) is 17.1. The Balaban J connectivity index is 1.51. The van der Waals surface area contributed by atoms with Crippen LogP contribution in [0.4, 0.5) is 5.69 Å². The highest BCUT2D eigenvalue weighted by atomic mass is 16.5. The Labute approximate surface area is 148 Å². The minimum Gasteiger partial charge on any atom is -0.508 e. The van der Waals surface area contributed by atoms with Crippen LogP contribution in [-0.2, 0) is 4.79 Å². The van der Waals surface area contributed by atoms with E-state index in [-0.39, 0.29) is 18.3 Å². The molecule has 5 nitrogen and oxygen atoms in total. The molecule has 0 radical (unpaired) electrons. The highest BCUT2D eigenvalue weighted by Gasteiger charge is 2.21. The van der Waals surface area contributed by atoms with E-state index in [1.807, 2.05) is 4.90 Å². The molecule has 0 spiro atoms. The molecular formula is C20H24N2O3. The van der Waals surface area contributed by atoms with Gasteiger partial charge in [0.25, 0.3) is 5.91 Å². The van der Waals surface area contributed by atoms with Crippen molar-refractivity contribution in [3.05, 3.63) is 53.6 Å². The summed E-state index contributed by atoms with van der Waals surface area (Å²) in [4.78, 5) is 16.5. The van der Waals surface area contributed by atoms with Gasteiger partial charge in [0.05, 0.1) is 0 Å². The Morgan fingerprint density at radius 2 is 1.80 bits per heavy atom. The zero-order chi connectivity index (χ0) is 17.8. The summed E-state index contributed by atoms with van der Waals surface area (Å²) in [5.41, 5.74) is 3.79. The Morgan fingerprint density at radius 3 is 2.48 bits per heavy atom. The van der Waals surface area contributed by atoms with Gasteiger partial charge in [-0.1, -0.05) is 12.1 Å². The second kappa shape index (κ2) is 7.47. The topological polar surface area (TPSA) is 53.0 Å². The maximum Gasteiger partial charge on any atom is 0.260 e. The first-order valence-corrected chi connectivity index (χ1v) is 8.55. The predicted molar refractivity (Wildman–Crippen MR) is 98.3 cm³/mol. The van der Waals surface area contributed by atoms with Crippen LogP contribution in [0.1, 0.15) is 11.1 Å². The molecule has 0 unspecified atom stereocenters. The van der Waals surface area contributed by atoms with Gasteiger partial charge in [-0.2, -0.15) is 0 Å². The van der Waals surface area contributed by atoms with Crippen molar-refractivity contribution in [3.8, 4) is 11.5 Å². The fourth-order valence-electron chi connectivity index (χ4n) is 2.95. The molecule has 5 heteroatoms. The SMILES string of the molecule is Cc1ccc(N2CCN(C(=O)COc3cccc(O)c3)CC2)cc1C. The molecule has 2 aromatic carbocycles. The van der Waals surface area contributed by atoms with Crippen LogP contribution in [0.25, 0.3) is 0 Å². The number of rotatable bonds is 4. The zero-order valence-electron chi connectivity index (χ0n) is 14.7. The molecule has 1 N–H and O–H groups in total. The molecule has 1 heterocycles. The summed E-state index contributed by atoms with van der Waals surface area (Å²) in [6, 6.07) is 13.0. The van der Waals surface area contributed by atoms with Crippen molar-refractivity contribution < 1.29 is 14.6 Å². The molecule has 2 aromatic rings. The summed E-state index contributed by atoms with van der Waals surface area (Å²) in [6.45, 7) is 7.25. The monoisotopic (exact) mass is 340 g/mol. The number of piperazine rings is 1. The molecule has 0 bridgehead atoms. The molecule has 0 aromatic heterocycles. The fourth-order valence-corrected chi connectivity index (χ4v) is 2.95. The average molecular weight is 340 g/mol. The number of phenols is 1. The number of phenolic OH excluding ortho intramolecular Hbond substituents is 1. The van der Waals surface area contributed by atoms with Gasteiger partial charge in [0.1, 0.15) is 11.5 Å². The van der Waals surface area contributed by atoms with Crippen molar-refractivity contribution in [1.82, 2.24) is 4.90 Å². The number of carbonyl (C=O) groups is 1. The Hall–Kier alpha value is -2.69. The number of hydrogen-bond donors (Lipinski definition) is 1. The fraction of sp³-hybridized carbons (Fsp3) is 0.350. The highest BCUT2D eigenvalue weighted by molar-refractivity contribution is 5.78. The largest absolute Gasteiger partial charge is 0.508 e. The molecule has 1 amide bonds. The maximum absolute atomic E-state index is 12.3. The number of nitrogens with zero attached hydrogens (tertiary/aromatic N) is 2. The van der Waals surface area contributed by atoms with Crippen LogP contribution in [-0.4, -0.2) is 48.7 Å². The summed E-state index contributed by atoms with van der Waals surface area (Å²) in [5, 5.41) is 9.42. The van der Waals surface area contributed by atoms with E-state index in [9.17, 15) is 9.90 Å². The van der Waals surface area contributed by atoms with Crippen LogP contribution < -0.4 is 9.64 Å². The van der Waals surface area contributed by atoms with Crippen LogP contribution in [0.3, 0.4) is 0 Å². The van der Waals surface area contributed by atoms with E-state index in [0.717, 1.165) is 13.1 Å². The van der Waals surface area contributed by atoms with Crippen molar-refractivity contribution in [3.63, 3.8) is 0 Å². The Morgan fingerprint density at radius 1 is 1.04 bits per heavy atom. The quantitative estimate of drug-likeness (QED) is 0.930. The number of amides is 1. The van der Waals surface area contributed by atoms with Crippen LogP contribution in [0, 0.1) is 13.8 Å². The first-order valence-electron chi connectivity index (χ1n) is 8.55. The first-order chi connectivity index (χ1) is 12.0. The van der Waals surface area contributed by atoms with E-state index in [4.69, 9.17) is 4.74 Å². The van der Waals surface area contributed by atoms with Gasteiger partial charge in [0.2, 0.25) is 0 Å². The number of aryl methyl sites for hydroxylation is 2. The summed E-state index contributed by atoms with van der Waals surface area (Å²) in [5.74, 6) is 0.608. The van der Waals surface area contributed by atoms with Crippen molar-refractivity contribution in [2.24, 2.45) is 0 Å². The van der Waals surface area contributed by atoms with Gasteiger partial charge >= 0.3 is 0 Å². The highest BCUT2D eigenvalue weighted by Crippen LogP contribution is 2.21. The molecule has 132 valence electrons. The van der Waals surface area contributed by atoms with E-state index in [1.54, 1.807) is 18.2 Å². The van der Waals surface area contributed by atoms with Gasteiger partial charge in [-0.15, -0.1) is 0 Å². The molecule has 25 heavy (non-hydrogen) atoms. The molecule has 0 aliphatic carbocycles. The van der Waals surface area contributed by atoms with Crippen molar-refractivity contribution >= 4 is 11.6 Å². The number of aromatic hydroxyl groups is 1. The molecule has 1 fully saturated rings. The lowest BCUT2D eigenvalue weighted by atomic mass is 10.1. The van der Waals surface area contributed by atoms with Crippen molar-refractivity contribution in [2.45, 2.75) is 13.8 Å². The number of ether oxygens (including phenoxy) is 1. The van der Waals surface area contributed by atoms with Crippen LogP contribution >= 0.6 is 0 Å². The lowest BCUT2D eigenvalue weighted by Gasteiger charge is -2.36. The van der Waals surface area contributed by atoms with Gasteiger partial charge in [-0.3, -0.25) is 4.79 Å². The minimum atomic E-state index is -0.0249. The van der Waals surface area contributed by atoms with Gasteiger partial charge < -0.3 is 19.6 Å². The molecule has 0 saturated carbocycles. The molecule has 1 aliphatic rings. The standard InChI is InChI=1S/C20H24N2O3/c1-15-6-7-17(12-16(15)2)21-8-10-22(11-9-21)20(24)14-25-19-5-3-4-18(23)13-19/h3-7,12-13,23H,8-11,14H2,1-2H3. The number of benzene rings is 2. The average Bonchev–Trinajstić information content (AvgIpc) is 2.62. The maximum atomic E-state index is 12.3. The summed E-state index contributed by atoms with van der Waals surface area (Å²) in [7, 11) is 0. The number of hydrogen-bond acceptors (Lipinski definition) is 4. The van der Waals surface area contributed by atoms with Gasteiger partial charge in [0, 0.05) is 37.9 Å².